The Kier molecular flexibility index (Phi) is 3.92. The zero-order valence-electron chi connectivity index (χ0n) is 14.3. The topological polar surface area (TPSA) is 72.1 Å². The monoisotopic (exact) mass is 328 g/mol. The molecular weight excluding hydrogens is 304 g/mol. The maximum Gasteiger partial charge on any atom is 0.272 e. The van der Waals surface area contributed by atoms with Crippen molar-refractivity contribution in [3.8, 4) is 0 Å². The largest absolute Gasteiger partial charge is 0.465 e. The fourth-order valence-corrected chi connectivity index (χ4v) is 3.53. The van der Waals surface area contributed by atoms with Gasteiger partial charge in [-0.25, -0.2) is 0 Å². The Balaban J connectivity index is 1.47. The number of carbonyl (C=O) groups is 1. The van der Waals surface area contributed by atoms with Crippen LogP contribution in [0.25, 0.3) is 0 Å². The Morgan fingerprint density at radius 2 is 2.17 bits per heavy atom. The first kappa shape index (κ1) is 15.4. The number of rotatable bonds is 5. The predicted octanol–water partition coefficient (Wildman–Crippen LogP) is 1.86. The second-order valence-electron chi connectivity index (χ2n) is 6.97. The molecule has 0 bridgehead atoms. The predicted molar refractivity (Wildman–Crippen MR) is 89.8 cm³/mol. The van der Waals surface area contributed by atoms with Gasteiger partial charge in [0.2, 0.25) is 0 Å². The van der Waals surface area contributed by atoms with Gasteiger partial charge in [-0.15, -0.1) is 0 Å². The second-order valence-corrected chi connectivity index (χ2v) is 6.97. The van der Waals surface area contributed by atoms with E-state index in [-0.39, 0.29) is 5.91 Å². The summed E-state index contributed by atoms with van der Waals surface area (Å²) in [7, 11) is 1.93. The molecule has 1 fully saturated rings. The third kappa shape index (κ3) is 3.11. The maximum atomic E-state index is 12.6. The normalized spacial score (nSPS) is 20.0. The number of aromatic nitrogens is 2. The van der Waals surface area contributed by atoms with Crippen molar-refractivity contribution in [2.24, 2.45) is 7.05 Å². The molecule has 24 heavy (non-hydrogen) atoms. The van der Waals surface area contributed by atoms with Crippen molar-refractivity contribution in [2.45, 2.75) is 57.7 Å². The molecule has 2 aromatic rings. The summed E-state index contributed by atoms with van der Waals surface area (Å²) >= 11 is 0. The van der Waals surface area contributed by atoms with Crippen molar-refractivity contribution >= 4 is 5.91 Å². The highest BCUT2D eigenvalue weighted by Gasteiger charge is 2.31. The van der Waals surface area contributed by atoms with Crippen molar-refractivity contribution < 1.29 is 9.21 Å². The number of nitrogens with one attached hydrogen (secondary N) is 2. The Hall–Kier alpha value is -2.08. The van der Waals surface area contributed by atoms with Gasteiger partial charge in [0.05, 0.1) is 6.54 Å². The van der Waals surface area contributed by atoms with E-state index in [9.17, 15) is 4.79 Å². The molecular formula is C18H24N4O2. The van der Waals surface area contributed by atoms with Crippen LogP contribution in [0.2, 0.25) is 0 Å². The molecule has 1 saturated carbocycles. The van der Waals surface area contributed by atoms with E-state index in [0.29, 0.717) is 24.3 Å². The van der Waals surface area contributed by atoms with Gasteiger partial charge >= 0.3 is 0 Å². The molecule has 2 N–H and O–H groups in total. The Labute approximate surface area is 141 Å². The highest BCUT2D eigenvalue weighted by Crippen LogP contribution is 2.27. The van der Waals surface area contributed by atoms with E-state index < -0.39 is 0 Å². The van der Waals surface area contributed by atoms with Crippen LogP contribution in [0.3, 0.4) is 0 Å². The molecule has 0 unspecified atom stereocenters. The number of amides is 1. The summed E-state index contributed by atoms with van der Waals surface area (Å²) < 4.78 is 7.37. The third-order valence-electron chi connectivity index (χ3n) is 4.94. The fourth-order valence-electron chi connectivity index (χ4n) is 3.53. The summed E-state index contributed by atoms with van der Waals surface area (Å²) in [4.78, 5) is 12.6. The zero-order valence-corrected chi connectivity index (χ0v) is 14.3. The summed E-state index contributed by atoms with van der Waals surface area (Å²) in [5.74, 6) is 1.50. The van der Waals surface area contributed by atoms with Crippen LogP contribution in [0.5, 0.6) is 0 Å². The van der Waals surface area contributed by atoms with Crippen LogP contribution in [0.1, 0.15) is 52.5 Å². The number of fused-ring (bicyclic) bond motifs is 1. The molecule has 1 atom stereocenters. The van der Waals surface area contributed by atoms with E-state index in [0.717, 1.165) is 36.3 Å². The van der Waals surface area contributed by atoms with E-state index in [2.05, 4.69) is 15.7 Å². The van der Waals surface area contributed by atoms with Crippen molar-refractivity contribution in [1.82, 2.24) is 20.4 Å². The van der Waals surface area contributed by atoms with Crippen LogP contribution in [0.4, 0.5) is 0 Å². The van der Waals surface area contributed by atoms with Crippen molar-refractivity contribution in [1.29, 1.82) is 0 Å². The smallest absolute Gasteiger partial charge is 0.272 e. The molecule has 4 rings (SSSR count). The van der Waals surface area contributed by atoms with Gasteiger partial charge in [0.25, 0.3) is 5.91 Å². The molecule has 6 nitrogen and oxygen atoms in total. The molecule has 2 aromatic heterocycles. The molecule has 2 aliphatic carbocycles. The molecule has 0 spiro atoms. The molecule has 6 heteroatoms. The van der Waals surface area contributed by atoms with Crippen molar-refractivity contribution in [2.75, 3.05) is 0 Å². The maximum absolute atomic E-state index is 12.6. The van der Waals surface area contributed by atoms with Crippen LogP contribution >= 0.6 is 0 Å². The van der Waals surface area contributed by atoms with Gasteiger partial charge in [-0.1, -0.05) is 0 Å². The Morgan fingerprint density at radius 1 is 1.33 bits per heavy atom. The highest BCUT2D eigenvalue weighted by atomic mass is 16.3. The first-order valence-corrected chi connectivity index (χ1v) is 8.74. The average Bonchev–Trinajstić information content (AvgIpc) is 3.18. The number of aryl methyl sites for hydroxylation is 2. The number of hydrogen-bond acceptors (Lipinski definition) is 4. The number of carbonyl (C=O) groups excluding carboxylic acids is 1. The van der Waals surface area contributed by atoms with E-state index >= 15 is 0 Å². The molecule has 0 aromatic carbocycles. The minimum Gasteiger partial charge on any atom is -0.465 e. The highest BCUT2D eigenvalue weighted by molar-refractivity contribution is 5.94. The van der Waals surface area contributed by atoms with E-state index in [1.165, 1.54) is 18.5 Å². The van der Waals surface area contributed by atoms with Crippen LogP contribution in [-0.2, 0) is 26.4 Å². The summed E-state index contributed by atoms with van der Waals surface area (Å²) in [6, 6.07) is 4.94. The van der Waals surface area contributed by atoms with E-state index in [1.807, 2.05) is 30.8 Å². The SMILES string of the molecule is Cc1ccc(CNC(=O)c2nn(C)c3c2C[C@H](NC2CC2)CC3)o1. The second kappa shape index (κ2) is 6.09. The minimum atomic E-state index is -0.118. The van der Waals surface area contributed by atoms with Crippen LogP contribution in [0, 0.1) is 6.92 Å². The van der Waals surface area contributed by atoms with Crippen LogP contribution in [0.15, 0.2) is 16.5 Å². The lowest BCUT2D eigenvalue weighted by molar-refractivity contribution is 0.0941. The zero-order chi connectivity index (χ0) is 16.7. The van der Waals surface area contributed by atoms with Gasteiger partial charge in [-0.2, -0.15) is 5.10 Å². The van der Waals surface area contributed by atoms with Gasteiger partial charge < -0.3 is 15.1 Å². The lowest BCUT2D eigenvalue weighted by atomic mass is 9.91. The molecule has 128 valence electrons. The van der Waals surface area contributed by atoms with Crippen LogP contribution in [-0.4, -0.2) is 27.8 Å². The third-order valence-corrected chi connectivity index (χ3v) is 4.94. The average molecular weight is 328 g/mol. The van der Waals surface area contributed by atoms with E-state index in [1.54, 1.807) is 0 Å². The number of hydrogen-bond donors (Lipinski definition) is 2. The Morgan fingerprint density at radius 3 is 2.88 bits per heavy atom. The number of nitrogens with zero attached hydrogens (tertiary/aromatic N) is 2. The van der Waals surface area contributed by atoms with Crippen LogP contribution < -0.4 is 10.6 Å². The molecule has 0 aliphatic heterocycles. The lowest BCUT2D eigenvalue weighted by Gasteiger charge is -2.24. The van der Waals surface area contributed by atoms with Crippen molar-refractivity contribution in [3.63, 3.8) is 0 Å². The first-order valence-electron chi connectivity index (χ1n) is 8.74. The van der Waals surface area contributed by atoms with Gasteiger partial charge in [0.1, 0.15) is 11.5 Å². The van der Waals surface area contributed by atoms with Gasteiger partial charge in [0, 0.05) is 30.4 Å². The summed E-state index contributed by atoms with van der Waals surface area (Å²) in [5.41, 5.74) is 2.87. The lowest BCUT2D eigenvalue weighted by Crippen LogP contribution is -2.36. The quantitative estimate of drug-likeness (QED) is 0.879. The minimum absolute atomic E-state index is 0.118. The summed E-state index contributed by atoms with van der Waals surface area (Å²) in [5, 5.41) is 11.1. The standard InChI is InChI=1S/C18H24N4O2/c1-11-3-7-14(24-11)10-19-18(23)17-15-9-13(20-12-4-5-12)6-8-16(15)22(2)21-17/h3,7,12-13,20H,4-6,8-10H2,1-2H3,(H,19,23)/t13-/m1/s1. The molecule has 0 saturated heterocycles. The van der Waals surface area contributed by atoms with Crippen molar-refractivity contribution in [3.05, 3.63) is 40.6 Å². The molecule has 2 aliphatic rings. The summed E-state index contributed by atoms with van der Waals surface area (Å²) in [6.45, 7) is 2.29. The number of furan rings is 1. The molecule has 0 radical (unpaired) electrons. The molecule has 2 heterocycles. The molecule has 1 amide bonds. The summed E-state index contributed by atoms with van der Waals surface area (Å²) in [6.07, 6.45) is 5.56. The van der Waals surface area contributed by atoms with Gasteiger partial charge in [0.15, 0.2) is 5.69 Å². The fraction of sp³-hybridized carbons (Fsp3) is 0.556. The van der Waals surface area contributed by atoms with Gasteiger partial charge in [-0.05, 0) is 51.2 Å². The van der Waals surface area contributed by atoms with E-state index in [4.69, 9.17) is 4.42 Å². The first-order chi connectivity index (χ1) is 11.6. The van der Waals surface area contributed by atoms with Gasteiger partial charge in [-0.3, -0.25) is 9.48 Å². The Bertz CT molecular complexity index is 757.